The van der Waals surface area contributed by atoms with E-state index in [2.05, 4.69) is 38.6 Å². The molecule has 4 amide bonds. The minimum atomic E-state index is -4.17. The molecule has 5 atom stereocenters. The number of carbonyl (C=O) groups excluding carboxylic acids is 4. The van der Waals surface area contributed by atoms with E-state index >= 15 is 0 Å². The van der Waals surface area contributed by atoms with Crippen molar-refractivity contribution in [1.82, 2.24) is 26.0 Å². The van der Waals surface area contributed by atoms with Gasteiger partial charge in [0.1, 0.15) is 24.2 Å². The van der Waals surface area contributed by atoms with Crippen LogP contribution in [-0.2, 0) is 34.0 Å². The lowest BCUT2D eigenvalue weighted by atomic mass is 9.96. The number of carboxylic acids is 1. The molecule has 0 radical (unpaired) electrons. The monoisotopic (exact) mass is 724 g/mol. The zero-order chi connectivity index (χ0) is 37.1. The Labute approximate surface area is 292 Å². The number of nitrogens with one attached hydrogen (secondary N) is 5. The lowest BCUT2D eigenvalue weighted by molar-refractivity contribution is -0.143. The van der Waals surface area contributed by atoms with Crippen molar-refractivity contribution in [1.29, 1.82) is 0 Å². The molecule has 2 aromatic carbocycles. The molecule has 0 bridgehead atoms. The molecule has 0 aliphatic carbocycles. The Bertz CT molecular complexity index is 1600. The fraction of sp³-hybridized carbons (Fsp3) is 0.531. The van der Waals surface area contributed by atoms with Gasteiger partial charge in [0.05, 0.1) is 18.0 Å². The summed E-state index contributed by atoms with van der Waals surface area (Å²) in [6.45, 7) is 5.47. The topological polar surface area (TPSA) is 223 Å². The van der Waals surface area contributed by atoms with Gasteiger partial charge in [-0.05, 0) is 30.4 Å². The Morgan fingerprint density at radius 3 is 1.98 bits per heavy atom. The van der Waals surface area contributed by atoms with Crippen molar-refractivity contribution in [2.45, 2.75) is 69.6 Å². The van der Waals surface area contributed by atoms with Crippen LogP contribution in [0.1, 0.15) is 40.5 Å². The first-order valence-corrected chi connectivity index (χ1v) is 17.9. The third-order valence-corrected chi connectivity index (χ3v) is 9.64. The number of thiol groups is 1. The van der Waals surface area contributed by atoms with Crippen molar-refractivity contribution in [3.8, 4) is 0 Å². The minimum Gasteiger partial charge on any atom is -0.480 e. The highest BCUT2D eigenvalue weighted by atomic mass is 32.2. The van der Waals surface area contributed by atoms with Crippen LogP contribution in [-0.4, -0.2) is 105 Å². The van der Waals surface area contributed by atoms with Gasteiger partial charge in [0.15, 0.2) is 0 Å². The third-order valence-electron chi connectivity index (χ3n) is 7.82. The van der Waals surface area contributed by atoms with E-state index in [1.54, 1.807) is 52.0 Å². The average Bonchev–Trinajstić information content (AvgIpc) is 3.05. The van der Waals surface area contributed by atoms with E-state index in [0.29, 0.717) is 17.2 Å². The quantitative estimate of drug-likeness (QED) is 0.0921. The van der Waals surface area contributed by atoms with Crippen molar-refractivity contribution < 1.29 is 42.6 Å². The summed E-state index contributed by atoms with van der Waals surface area (Å²) in [4.78, 5) is 65.4. The number of carboxylic acid groups (broad SMARTS) is 1. The van der Waals surface area contributed by atoms with E-state index in [1.165, 1.54) is 6.07 Å². The summed E-state index contributed by atoms with van der Waals surface area (Å²) in [5.74, 6) is -5.36. The molecule has 0 aliphatic rings. The lowest BCUT2D eigenvalue weighted by Gasteiger charge is -2.28. The molecule has 0 aliphatic heterocycles. The van der Waals surface area contributed by atoms with Gasteiger partial charge in [0.25, 0.3) is 0 Å². The molecule has 0 saturated heterocycles. The Morgan fingerprint density at radius 2 is 1.43 bits per heavy atom. The predicted molar refractivity (Wildman–Crippen MR) is 189 cm³/mol. The van der Waals surface area contributed by atoms with Gasteiger partial charge in [-0.15, -0.1) is 0 Å². The summed E-state index contributed by atoms with van der Waals surface area (Å²) in [6, 6.07) is 4.78. The number of aliphatic carboxylic acids is 1. The maximum atomic E-state index is 13.2. The number of aliphatic hydroxyl groups excluding tert-OH is 1. The van der Waals surface area contributed by atoms with Crippen LogP contribution in [0.2, 0.25) is 0 Å². The molecule has 17 heteroatoms. The number of aliphatic hydroxyl groups is 1. The lowest BCUT2D eigenvalue weighted by Crippen LogP contribution is -2.60. The van der Waals surface area contributed by atoms with Gasteiger partial charge >= 0.3 is 5.97 Å². The molecular weight excluding hydrogens is 677 g/mol. The highest BCUT2D eigenvalue weighted by Gasteiger charge is 2.33. The van der Waals surface area contributed by atoms with E-state index < -0.39 is 82.9 Å². The standard InChI is InChI=1S/C32H48N6O9S2/c1-7-19(4)28(31(43)35-22(32(44)45)14-18(2)3)37-29(41)23(16-39)36-30(42)24(17-48)34-27(40)15-33-49(46,47)26-13-9-10-20-21(26)11-8-12-25(20)38(5)6/h8-13,18-19,22-24,28,33,39,48H,7,14-17H2,1-6H3,(H,34,40)(H,35,43)(H,36,42)(H,37,41)(H,44,45)/t19-,22-,23-,24-,28-/m0/s1. The van der Waals surface area contributed by atoms with Crippen molar-refractivity contribution in [3.63, 3.8) is 0 Å². The van der Waals surface area contributed by atoms with Gasteiger partial charge in [-0.1, -0.05) is 58.4 Å². The summed E-state index contributed by atoms with van der Waals surface area (Å²) in [5, 5.41) is 30.2. The Hall–Kier alpha value is -3.93. The van der Waals surface area contributed by atoms with Crippen molar-refractivity contribution in [3.05, 3.63) is 36.4 Å². The fourth-order valence-corrected chi connectivity index (χ4v) is 6.40. The van der Waals surface area contributed by atoms with Crippen LogP contribution in [0.25, 0.3) is 10.8 Å². The van der Waals surface area contributed by atoms with Gasteiger partial charge < -0.3 is 36.4 Å². The van der Waals surface area contributed by atoms with E-state index in [1.807, 2.05) is 25.1 Å². The molecule has 0 heterocycles. The second kappa shape index (κ2) is 18.7. The number of hydrogen-bond acceptors (Lipinski definition) is 10. The molecular formula is C32H48N6O9S2. The maximum Gasteiger partial charge on any atom is 0.326 e. The molecule has 0 fully saturated rings. The highest BCUT2D eigenvalue weighted by molar-refractivity contribution is 7.89. The molecule has 15 nitrogen and oxygen atoms in total. The van der Waals surface area contributed by atoms with Crippen LogP contribution >= 0.6 is 12.6 Å². The van der Waals surface area contributed by atoms with Crippen molar-refractivity contribution in [2.24, 2.45) is 11.8 Å². The van der Waals surface area contributed by atoms with Crippen LogP contribution in [0.5, 0.6) is 0 Å². The average molecular weight is 725 g/mol. The molecule has 7 N–H and O–H groups in total. The predicted octanol–water partition coefficient (Wildman–Crippen LogP) is 0.222. The van der Waals surface area contributed by atoms with Gasteiger partial charge in [0.2, 0.25) is 33.7 Å². The van der Waals surface area contributed by atoms with Crippen LogP contribution in [0.15, 0.2) is 41.3 Å². The summed E-state index contributed by atoms with van der Waals surface area (Å²) in [5.41, 5.74) is 0.803. The Kier molecular flexibility index (Phi) is 15.8. The number of fused-ring (bicyclic) bond motifs is 1. The van der Waals surface area contributed by atoms with Crippen LogP contribution in [0.3, 0.4) is 0 Å². The number of anilines is 1. The van der Waals surface area contributed by atoms with E-state index in [-0.39, 0.29) is 23.0 Å². The Morgan fingerprint density at radius 1 is 0.837 bits per heavy atom. The normalized spacial score (nSPS) is 14.6. The largest absolute Gasteiger partial charge is 0.480 e. The third kappa shape index (κ3) is 11.6. The summed E-state index contributed by atoms with van der Waals surface area (Å²) >= 11 is 4.09. The number of rotatable bonds is 19. The summed E-state index contributed by atoms with van der Waals surface area (Å²) in [6.07, 6.45) is 0.599. The van der Waals surface area contributed by atoms with Crippen molar-refractivity contribution >= 4 is 68.7 Å². The van der Waals surface area contributed by atoms with Crippen LogP contribution in [0.4, 0.5) is 5.69 Å². The first-order valence-electron chi connectivity index (χ1n) is 15.8. The SMILES string of the molecule is CC[C@H](C)[C@H](NC(=O)[C@H](CO)NC(=O)[C@H](CS)NC(=O)CNS(=O)(=O)c1cccc2c(N(C)C)cccc12)C(=O)N[C@@H](CC(C)C)C(=O)O. The first-order chi connectivity index (χ1) is 23.0. The summed E-state index contributed by atoms with van der Waals surface area (Å²) < 4.78 is 28.6. The minimum absolute atomic E-state index is 0.0340. The van der Waals surface area contributed by atoms with E-state index in [4.69, 9.17) is 0 Å². The first kappa shape index (κ1) is 41.2. The molecule has 0 spiro atoms. The van der Waals surface area contributed by atoms with Crippen LogP contribution < -0.4 is 30.9 Å². The van der Waals surface area contributed by atoms with Gasteiger partial charge in [0, 0.05) is 36.3 Å². The summed E-state index contributed by atoms with van der Waals surface area (Å²) in [7, 11) is -0.506. The Balaban J connectivity index is 2.09. The van der Waals surface area contributed by atoms with Crippen molar-refractivity contribution in [2.75, 3.05) is 37.9 Å². The number of nitrogens with zero attached hydrogens (tertiary/aromatic N) is 1. The number of carbonyl (C=O) groups is 5. The van der Waals surface area contributed by atoms with Crippen LogP contribution in [0, 0.1) is 11.8 Å². The second-order valence-electron chi connectivity index (χ2n) is 12.3. The number of hydrogen-bond donors (Lipinski definition) is 8. The molecule has 0 unspecified atom stereocenters. The number of sulfonamides is 1. The van der Waals surface area contributed by atoms with E-state index in [0.717, 1.165) is 5.69 Å². The van der Waals surface area contributed by atoms with E-state index in [9.17, 15) is 42.6 Å². The zero-order valence-corrected chi connectivity index (χ0v) is 30.2. The van der Waals surface area contributed by atoms with Gasteiger partial charge in [-0.2, -0.15) is 12.6 Å². The molecule has 2 aromatic rings. The maximum absolute atomic E-state index is 13.2. The molecule has 0 aromatic heterocycles. The van der Waals surface area contributed by atoms with Gasteiger partial charge in [-0.3, -0.25) is 19.2 Å². The second-order valence-corrected chi connectivity index (χ2v) is 14.4. The number of amides is 4. The molecule has 272 valence electrons. The molecule has 0 saturated carbocycles. The van der Waals surface area contributed by atoms with Gasteiger partial charge in [-0.25, -0.2) is 17.9 Å². The molecule has 49 heavy (non-hydrogen) atoms. The zero-order valence-electron chi connectivity index (χ0n) is 28.5. The highest BCUT2D eigenvalue weighted by Crippen LogP contribution is 2.30. The smallest absolute Gasteiger partial charge is 0.326 e. The number of benzene rings is 2. The molecule has 2 rings (SSSR count). The fourth-order valence-electron chi connectivity index (χ4n) is 4.94.